The Labute approximate surface area is 85.8 Å². The highest BCUT2D eigenvalue weighted by Gasteiger charge is 2.24. The average molecular weight is 188 g/mol. The highest BCUT2D eigenvalue weighted by molar-refractivity contribution is 5.34. The van der Waals surface area contributed by atoms with Gasteiger partial charge in [0.15, 0.2) is 6.19 Å². The van der Waals surface area contributed by atoms with Crippen LogP contribution in [0.1, 0.15) is 37.9 Å². The minimum atomic E-state index is 0.256. The molecule has 2 rings (SSSR count). The van der Waals surface area contributed by atoms with Crippen LogP contribution in [-0.4, -0.2) is 4.90 Å². The van der Waals surface area contributed by atoms with Gasteiger partial charge in [0.1, 0.15) is 0 Å². The summed E-state index contributed by atoms with van der Waals surface area (Å²) in [6.07, 6.45) is 2.19. The maximum atomic E-state index is 8.78. The van der Waals surface area contributed by atoms with Crippen molar-refractivity contribution in [1.29, 1.82) is 5.26 Å². The summed E-state index contributed by atoms with van der Waals surface area (Å²) in [6.45, 7) is 6.84. The highest BCUT2D eigenvalue weighted by atomic mass is 15.2. The molecule has 2 heteroatoms. The monoisotopic (exact) mass is 188 g/mol. The Morgan fingerprint density at radius 2 is 2.00 bits per heavy atom. The van der Waals surface area contributed by atoms with E-state index >= 15 is 0 Å². The van der Waals surface area contributed by atoms with Crippen molar-refractivity contribution in [2.45, 2.75) is 33.4 Å². The third-order valence-electron chi connectivity index (χ3n) is 2.44. The molecule has 0 N–H and O–H groups in total. The first-order valence-electron chi connectivity index (χ1n) is 5.07. The molecule has 1 aromatic rings. The molecule has 14 heavy (non-hydrogen) atoms. The minimum absolute atomic E-state index is 0.256. The Morgan fingerprint density at radius 3 is 2.57 bits per heavy atom. The van der Waals surface area contributed by atoms with Gasteiger partial charge in [-0.05, 0) is 18.1 Å². The van der Waals surface area contributed by atoms with Crippen molar-refractivity contribution in [3.8, 4) is 6.19 Å². The van der Waals surface area contributed by atoms with E-state index in [1.807, 2.05) is 26.0 Å². The second kappa shape index (κ2) is 4.66. The second-order valence-electron chi connectivity index (χ2n) is 3.10. The van der Waals surface area contributed by atoms with Gasteiger partial charge in [-0.15, -0.1) is 0 Å². The van der Waals surface area contributed by atoms with Crippen LogP contribution in [0.3, 0.4) is 0 Å². The summed E-state index contributed by atoms with van der Waals surface area (Å²) in [6, 6.07) is 8.48. The van der Waals surface area contributed by atoms with Crippen molar-refractivity contribution in [2.75, 3.05) is 0 Å². The first-order chi connectivity index (χ1) is 6.83. The zero-order chi connectivity index (χ0) is 10.6. The lowest BCUT2D eigenvalue weighted by molar-refractivity contribution is 0.342. The molecule has 0 amide bonds. The van der Waals surface area contributed by atoms with E-state index in [-0.39, 0.29) is 6.04 Å². The Balaban J connectivity index is 0.000000461. The summed E-state index contributed by atoms with van der Waals surface area (Å²) in [7, 11) is 0. The Kier molecular flexibility index (Phi) is 3.53. The molecule has 0 aliphatic carbocycles. The number of fused-ring (bicyclic) bond motifs is 1. The number of benzene rings is 1. The molecular formula is C12H16N2. The van der Waals surface area contributed by atoms with E-state index in [1.165, 1.54) is 11.1 Å². The van der Waals surface area contributed by atoms with Crippen LogP contribution < -0.4 is 0 Å². The van der Waals surface area contributed by atoms with Crippen molar-refractivity contribution in [3.05, 3.63) is 35.4 Å². The van der Waals surface area contributed by atoms with Crippen LogP contribution in [0.25, 0.3) is 0 Å². The van der Waals surface area contributed by atoms with Gasteiger partial charge in [0, 0.05) is 0 Å². The maximum Gasteiger partial charge on any atom is 0.180 e. The number of hydrogen-bond acceptors (Lipinski definition) is 2. The van der Waals surface area contributed by atoms with E-state index in [0.717, 1.165) is 6.54 Å². The fraction of sp³-hybridized carbons (Fsp3) is 0.417. The molecule has 1 aliphatic heterocycles. The average Bonchev–Trinajstić information content (AvgIpc) is 2.59. The van der Waals surface area contributed by atoms with Crippen LogP contribution >= 0.6 is 0 Å². The Morgan fingerprint density at radius 1 is 1.36 bits per heavy atom. The van der Waals surface area contributed by atoms with Crippen LogP contribution in [0.5, 0.6) is 0 Å². The Bertz CT molecular complexity index is 338. The van der Waals surface area contributed by atoms with E-state index in [9.17, 15) is 0 Å². The third kappa shape index (κ3) is 1.72. The lowest BCUT2D eigenvalue weighted by atomic mass is 10.1. The molecule has 0 saturated carbocycles. The fourth-order valence-corrected chi connectivity index (χ4v) is 1.70. The van der Waals surface area contributed by atoms with Gasteiger partial charge in [0.25, 0.3) is 0 Å². The number of rotatable bonds is 0. The van der Waals surface area contributed by atoms with Crippen LogP contribution in [0.15, 0.2) is 24.3 Å². The van der Waals surface area contributed by atoms with Gasteiger partial charge in [-0.3, -0.25) is 4.90 Å². The van der Waals surface area contributed by atoms with Gasteiger partial charge in [0.05, 0.1) is 12.6 Å². The second-order valence-corrected chi connectivity index (χ2v) is 3.10. The third-order valence-corrected chi connectivity index (χ3v) is 2.44. The van der Waals surface area contributed by atoms with E-state index in [1.54, 1.807) is 4.90 Å². The molecule has 0 spiro atoms. The van der Waals surface area contributed by atoms with E-state index < -0.39 is 0 Å². The first-order valence-corrected chi connectivity index (χ1v) is 5.07. The Hall–Kier alpha value is -1.49. The number of nitrogens with zero attached hydrogens (tertiary/aromatic N) is 2. The SMILES string of the molecule is CC.CC1c2ccccc2CN1C#N. The molecule has 1 aliphatic rings. The van der Waals surface area contributed by atoms with Crippen molar-refractivity contribution in [3.63, 3.8) is 0 Å². The summed E-state index contributed by atoms with van der Waals surface area (Å²) in [5.74, 6) is 0. The molecule has 74 valence electrons. The van der Waals surface area contributed by atoms with Crippen LogP contribution in [-0.2, 0) is 6.54 Å². The summed E-state index contributed by atoms with van der Waals surface area (Å²) >= 11 is 0. The van der Waals surface area contributed by atoms with Crippen molar-refractivity contribution in [2.24, 2.45) is 0 Å². The highest BCUT2D eigenvalue weighted by Crippen LogP contribution is 2.31. The van der Waals surface area contributed by atoms with Crippen molar-refractivity contribution < 1.29 is 0 Å². The van der Waals surface area contributed by atoms with Crippen LogP contribution in [0.4, 0.5) is 0 Å². The first kappa shape index (κ1) is 10.6. The van der Waals surface area contributed by atoms with Gasteiger partial charge in [0.2, 0.25) is 0 Å². The minimum Gasteiger partial charge on any atom is -0.299 e. The smallest absolute Gasteiger partial charge is 0.180 e. The van der Waals surface area contributed by atoms with Gasteiger partial charge in [-0.2, -0.15) is 5.26 Å². The number of hydrogen-bond donors (Lipinski definition) is 0. The molecule has 0 radical (unpaired) electrons. The zero-order valence-electron chi connectivity index (χ0n) is 8.99. The molecule has 1 atom stereocenters. The van der Waals surface area contributed by atoms with E-state index in [2.05, 4.69) is 25.2 Å². The van der Waals surface area contributed by atoms with Gasteiger partial charge in [-0.25, -0.2) is 0 Å². The predicted octanol–water partition coefficient (Wildman–Crippen LogP) is 3.07. The molecule has 0 saturated heterocycles. The van der Waals surface area contributed by atoms with Crippen LogP contribution in [0.2, 0.25) is 0 Å². The predicted molar refractivity (Wildman–Crippen MR) is 57.4 cm³/mol. The summed E-state index contributed by atoms with van der Waals surface area (Å²) in [4.78, 5) is 1.80. The van der Waals surface area contributed by atoms with Crippen molar-refractivity contribution in [1.82, 2.24) is 4.90 Å². The van der Waals surface area contributed by atoms with Crippen molar-refractivity contribution >= 4 is 0 Å². The molecule has 1 unspecified atom stereocenters. The summed E-state index contributed by atoms with van der Waals surface area (Å²) < 4.78 is 0. The van der Waals surface area contributed by atoms with Gasteiger partial charge < -0.3 is 0 Å². The molecule has 0 aromatic heterocycles. The topological polar surface area (TPSA) is 27.0 Å². The summed E-state index contributed by atoms with van der Waals surface area (Å²) in [5.41, 5.74) is 2.57. The van der Waals surface area contributed by atoms with E-state index in [4.69, 9.17) is 5.26 Å². The normalized spacial score (nSPS) is 17.9. The molecule has 0 bridgehead atoms. The quantitative estimate of drug-likeness (QED) is 0.585. The molecule has 2 nitrogen and oxygen atoms in total. The number of nitriles is 1. The van der Waals surface area contributed by atoms with Gasteiger partial charge in [-0.1, -0.05) is 38.1 Å². The largest absolute Gasteiger partial charge is 0.299 e. The van der Waals surface area contributed by atoms with Crippen LogP contribution in [0, 0.1) is 11.5 Å². The zero-order valence-corrected chi connectivity index (χ0v) is 8.99. The van der Waals surface area contributed by atoms with Gasteiger partial charge >= 0.3 is 0 Å². The molecular weight excluding hydrogens is 172 g/mol. The molecule has 1 aromatic carbocycles. The lowest BCUT2D eigenvalue weighted by Crippen LogP contribution is -2.12. The van der Waals surface area contributed by atoms with E-state index in [0.29, 0.717) is 0 Å². The fourth-order valence-electron chi connectivity index (χ4n) is 1.70. The molecule has 0 fully saturated rings. The maximum absolute atomic E-state index is 8.78. The standard InChI is InChI=1S/C10H10N2.C2H6/c1-8-10-5-3-2-4-9(10)6-12(8)7-11;1-2/h2-5,8H,6H2,1H3;1-2H3. The lowest BCUT2D eigenvalue weighted by Gasteiger charge is -2.12. The molecule has 1 heterocycles. The summed E-state index contributed by atoms with van der Waals surface area (Å²) in [5, 5.41) is 8.78.